The molecule has 0 N–H and O–H groups in total. The highest BCUT2D eigenvalue weighted by Gasteiger charge is 2.11. The summed E-state index contributed by atoms with van der Waals surface area (Å²) < 4.78 is 1.81. The van der Waals surface area contributed by atoms with E-state index in [9.17, 15) is 0 Å². The molecule has 0 unspecified atom stereocenters. The van der Waals surface area contributed by atoms with Crippen LogP contribution in [0.5, 0.6) is 0 Å². The third kappa shape index (κ3) is 2.35. The number of hydrogen-bond donors (Lipinski definition) is 0. The van der Waals surface area contributed by atoms with Gasteiger partial charge in [-0.1, -0.05) is 66.7 Å². The predicted molar refractivity (Wildman–Crippen MR) is 99.2 cm³/mol. The van der Waals surface area contributed by atoms with Crippen molar-refractivity contribution in [2.75, 3.05) is 0 Å². The second-order valence-electron chi connectivity index (χ2n) is 5.91. The largest absolute Gasteiger partial charge is 0.253 e. The molecule has 25 heavy (non-hydrogen) atoms. The van der Waals surface area contributed by atoms with E-state index in [1.54, 1.807) is 6.20 Å². The first kappa shape index (κ1) is 13.9. The zero-order chi connectivity index (χ0) is 16.6. The van der Waals surface area contributed by atoms with E-state index in [1.165, 1.54) is 10.8 Å². The third-order valence-electron chi connectivity index (χ3n) is 4.32. The number of nitrogens with zero attached hydrogens (tertiary/aromatic N) is 4. The minimum absolute atomic E-state index is 0.601. The maximum Gasteiger partial charge on any atom is 0.253 e. The normalized spacial score (nSPS) is 11.2. The van der Waals surface area contributed by atoms with Crippen LogP contribution in [-0.2, 0) is 0 Å². The van der Waals surface area contributed by atoms with Gasteiger partial charge in [-0.2, -0.15) is 9.50 Å². The fourth-order valence-corrected chi connectivity index (χ4v) is 3.07. The van der Waals surface area contributed by atoms with Crippen molar-refractivity contribution in [3.05, 3.63) is 85.1 Å². The van der Waals surface area contributed by atoms with Crippen molar-refractivity contribution < 1.29 is 0 Å². The molecule has 0 fully saturated rings. The average Bonchev–Trinajstić information content (AvgIpc) is 3.13. The summed E-state index contributed by atoms with van der Waals surface area (Å²) in [4.78, 5) is 8.94. The summed E-state index contributed by atoms with van der Waals surface area (Å²) in [5, 5.41) is 7.11. The summed E-state index contributed by atoms with van der Waals surface area (Å²) in [6.07, 6.45) is 1.78. The highest BCUT2D eigenvalue weighted by Crippen LogP contribution is 2.25. The Morgan fingerprint density at radius 1 is 0.680 bits per heavy atom. The summed E-state index contributed by atoms with van der Waals surface area (Å²) in [7, 11) is 0. The van der Waals surface area contributed by atoms with Crippen LogP contribution in [0.2, 0.25) is 0 Å². The van der Waals surface area contributed by atoms with Gasteiger partial charge in [-0.25, -0.2) is 4.98 Å². The summed E-state index contributed by atoms with van der Waals surface area (Å²) >= 11 is 0. The molecule has 4 heteroatoms. The highest BCUT2D eigenvalue weighted by molar-refractivity contribution is 5.86. The van der Waals surface area contributed by atoms with Gasteiger partial charge in [0, 0.05) is 17.3 Å². The molecule has 118 valence electrons. The molecule has 0 saturated carbocycles. The molecule has 0 aliphatic carbocycles. The fraction of sp³-hybridized carbons (Fsp3) is 0. The van der Waals surface area contributed by atoms with E-state index in [-0.39, 0.29) is 0 Å². The Morgan fingerprint density at radius 2 is 1.48 bits per heavy atom. The Bertz CT molecular complexity index is 1190. The van der Waals surface area contributed by atoms with Gasteiger partial charge in [0.2, 0.25) is 0 Å². The molecule has 2 heterocycles. The molecule has 2 aromatic heterocycles. The molecule has 4 nitrogen and oxygen atoms in total. The zero-order valence-electron chi connectivity index (χ0n) is 13.4. The highest BCUT2D eigenvalue weighted by atomic mass is 15.3. The van der Waals surface area contributed by atoms with Crippen LogP contribution in [0.3, 0.4) is 0 Å². The van der Waals surface area contributed by atoms with Gasteiger partial charge in [0.1, 0.15) is 0 Å². The van der Waals surface area contributed by atoms with Gasteiger partial charge in [0.15, 0.2) is 5.82 Å². The SMILES string of the molecule is c1ccc(-c2nc3nccc(-c4ccc5ccccc5c4)n3n2)cc1. The summed E-state index contributed by atoms with van der Waals surface area (Å²) in [6.45, 7) is 0. The van der Waals surface area contributed by atoms with E-state index in [0.29, 0.717) is 11.6 Å². The lowest BCUT2D eigenvalue weighted by Crippen LogP contribution is -1.96. The number of hydrogen-bond acceptors (Lipinski definition) is 3. The van der Waals surface area contributed by atoms with Gasteiger partial charge in [-0.15, -0.1) is 5.10 Å². The number of benzene rings is 3. The van der Waals surface area contributed by atoms with Crippen molar-refractivity contribution in [1.82, 2.24) is 19.6 Å². The molecule has 0 spiro atoms. The lowest BCUT2D eigenvalue weighted by Gasteiger charge is -2.05. The number of fused-ring (bicyclic) bond motifs is 2. The number of aromatic nitrogens is 4. The van der Waals surface area contributed by atoms with Crippen molar-refractivity contribution >= 4 is 16.6 Å². The van der Waals surface area contributed by atoms with Gasteiger partial charge in [0.05, 0.1) is 5.69 Å². The van der Waals surface area contributed by atoms with E-state index in [2.05, 4.69) is 57.5 Å². The van der Waals surface area contributed by atoms with E-state index in [4.69, 9.17) is 0 Å². The minimum atomic E-state index is 0.601. The molecule has 5 aromatic rings. The van der Waals surface area contributed by atoms with Gasteiger partial charge >= 0.3 is 0 Å². The first-order valence-corrected chi connectivity index (χ1v) is 8.15. The predicted octanol–water partition coefficient (Wildman–Crippen LogP) is 4.61. The first-order chi connectivity index (χ1) is 12.4. The molecule has 0 aliphatic heterocycles. The first-order valence-electron chi connectivity index (χ1n) is 8.15. The second-order valence-corrected chi connectivity index (χ2v) is 5.91. The van der Waals surface area contributed by atoms with Crippen molar-refractivity contribution in [3.8, 4) is 22.6 Å². The molecule has 0 bridgehead atoms. The van der Waals surface area contributed by atoms with Gasteiger partial charge < -0.3 is 0 Å². The molecule has 5 rings (SSSR count). The molecule has 0 aliphatic rings. The Balaban J connectivity index is 1.71. The van der Waals surface area contributed by atoms with Crippen molar-refractivity contribution in [1.29, 1.82) is 0 Å². The smallest absolute Gasteiger partial charge is 0.220 e. The van der Waals surface area contributed by atoms with E-state index in [1.807, 2.05) is 40.9 Å². The molecular weight excluding hydrogens is 308 g/mol. The van der Waals surface area contributed by atoms with E-state index < -0.39 is 0 Å². The van der Waals surface area contributed by atoms with Crippen molar-refractivity contribution in [2.24, 2.45) is 0 Å². The van der Waals surface area contributed by atoms with Crippen LogP contribution >= 0.6 is 0 Å². The van der Waals surface area contributed by atoms with Gasteiger partial charge in [-0.05, 0) is 22.9 Å². The topological polar surface area (TPSA) is 43.1 Å². The summed E-state index contributed by atoms with van der Waals surface area (Å²) in [5.41, 5.74) is 3.05. The van der Waals surface area contributed by atoms with Crippen LogP contribution in [0.25, 0.3) is 39.2 Å². The Morgan fingerprint density at radius 3 is 2.36 bits per heavy atom. The van der Waals surface area contributed by atoms with Gasteiger partial charge in [-0.3, -0.25) is 0 Å². The lowest BCUT2D eigenvalue weighted by molar-refractivity contribution is 0.951. The molecule has 0 radical (unpaired) electrons. The molecule has 3 aromatic carbocycles. The van der Waals surface area contributed by atoms with E-state index >= 15 is 0 Å². The minimum Gasteiger partial charge on any atom is -0.220 e. The Kier molecular flexibility index (Phi) is 3.07. The maximum absolute atomic E-state index is 4.68. The summed E-state index contributed by atoms with van der Waals surface area (Å²) in [5.74, 6) is 1.28. The molecule has 0 amide bonds. The fourth-order valence-electron chi connectivity index (χ4n) is 3.07. The van der Waals surface area contributed by atoms with Crippen LogP contribution in [0.1, 0.15) is 0 Å². The van der Waals surface area contributed by atoms with Crippen LogP contribution in [0.15, 0.2) is 85.1 Å². The molecule has 0 atom stereocenters. The monoisotopic (exact) mass is 322 g/mol. The second kappa shape index (κ2) is 5.53. The molecular formula is C21H14N4. The van der Waals surface area contributed by atoms with Crippen molar-refractivity contribution in [2.45, 2.75) is 0 Å². The Hall–Kier alpha value is -3.53. The average molecular weight is 322 g/mol. The van der Waals surface area contributed by atoms with E-state index in [0.717, 1.165) is 16.8 Å². The van der Waals surface area contributed by atoms with Crippen molar-refractivity contribution in [3.63, 3.8) is 0 Å². The standard InChI is InChI=1S/C21H14N4/c1-2-7-16(8-3-1)20-23-21-22-13-12-19(25(21)24-20)18-11-10-15-6-4-5-9-17(15)14-18/h1-14H. The summed E-state index contributed by atoms with van der Waals surface area (Å²) in [6, 6.07) is 26.7. The number of rotatable bonds is 2. The third-order valence-corrected chi connectivity index (χ3v) is 4.32. The van der Waals surface area contributed by atoms with Gasteiger partial charge in [0.25, 0.3) is 5.78 Å². The van der Waals surface area contributed by atoms with Crippen LogP contribution in [0, 0.1) is 0 Å². The Labute approximate surface area is 144 Å². The lowest BCUT2D eigenvalue weighted by atomic mass is 10.1. The van der Waals surface area contributed by atoms with Crippen LogP contribution < -0.4 is 0 Å². The van der Waals surface area contributed by atoms with Crippen LogP contribution in [0.4, 0.5) is 0 Å². The zero-order valence-corrected chi connectivity index (χ0v) is 13.4. The van der Waals surface area contributed by atoms with Crippen LogP contribution in [-0.4, -0.2) is 19.6 Å². The molecule has 0 saturated heterocycles. The quantitative estimate of drug-likeness (QED) is 0.476. The maximum atomic E-state index is 4.68.